The quantitative estimate of drug-likeness (QED) is 0.456. The fourth-order valence-corrected chi connectivity index (χ4v) is 2.83. The zero-order chi connectivity index (χ0) is 18.2. The molecule has 5 heteroatoms. The topological polar surface area (TPSA) is 0 Å². The van der Waals surface area contributed by atoms with Crippen molar-refractivity contribution in [1.82, 2.24) is 0 Å². The van der Waals surface area contributed by atoms with Crippen LogP contribution in [0.1, 0.15) is 11.1 Å². The fourth-order valence-electron chi connectivity index (χ4n) is 2.83. The summed E-state index contributed by atoms with van der Waals surface area (Å²) in [6.45, 7) is 1.75. The van der Waals surface area contributed by atoms with E-state index in [1.54, 1.807) is 31.2 Å². The maximum Gasteiger partial charge on any atom is 0.417 e. The molecule has 0 heterocycles. The first kappa shape index (κ1) is 17.1. The van der Waals surface area contributed by atoms with Crippen LogP contribution in [0.5, 0.6) is 0 Å². The van der Waals surface area contributed by atoms with E-state index in [-0.39, 0.29) is 5.56 Å². The molecular weight excluding hydrogens is 335 g/mol. The van der Waals surface area contributed by atoms with Gasteiger partial charge in [0, 0.05) is 5.56 Å². The summed E-state index contributed by atoms with van der Waals surface area (Å²) < 4.78 is 69.1. The van der Waals surface area contributed by atoms with E-state index in [2.05, 4.69) is 0 Å². The molecule has 0 aliphatic carbocycles. The van der Waals surface area contributed by atoms with Gasteiger partial charge in [0.25, 0.3) is 0 Å². The van der Waals surface area contributed by atoms with Crippen molar-refractivity contribution in [3.8, 4) is 22.3 Å². The van der Waals surface area contributed by atoms with E-state index in [0.717, 1.165) is 23.8 Å². The first-order chi connectivity index (χ1) is 11.8. The highest BCUT2D eigenvalue weighted by atomic mass is 19.4. The smallest absolute Gasteiger partial charge is 0.206 e. The number of hydrogen-bond acceptors (Lipinski definition) is 0. The monoisotopic (exact) mass is 348 g/mol. The van der Waals surface area contributed by atoms with E-state index in [1.807, 2.05) is 0 Å². The van der Waals surface area contributed by atoms with Crippen molar-refractivity contribution in [2.75, 3.05) is 0 Å². The van der Waals surface area contributed by atoms with Gasteiger partial charge in [0.1, 0.15) is 11.6 Å². The van der Waals surface area contributed by atoms with Crippen molar-refractivity contribution in [2.45, 2.75) is 13.1 Å². The molecule has 0 nitrogen and oxygen atoms in total. The Hall–Kier alpha value is -2.69. The predicted molar refractivity (Wildman–Crippen MR) is 87.0 cm³/mol. The van der Waals surface area contributed by atoms with Crippen LogP contribution in [0.2, 0.25) is 0 Å². The molecule has 0 unspecified atom stereocenters. The Morgan fingerprint density at radius 3 is 1.92 bits per heavy atom. The van der Waals surface area contributed by atoms with Crippen LogP contribution in [0.25, 0.3) is 22.3 Å². The molecule has 0 amide bonds. The summed E-state index contributed by atoms with van der Waals surface area (Å²) in [4.78, 5) is 0. The Labute approximate surface area is 141 Å². The Balaban J connectivity index is 2.30. The molecule has 3 aromatic rings. The summed E-state index contributed by atoms with van der Waals surface area (Å²) >= 11 is 0. The summed E-state index contributed by atoms with van der Waals surface area (Å²) in [5.74, 6) is -2.04. The lowest BCUT2D eigenvalue weighted by atomic mass is 9.93. The molecule has 0 bridgehead atoms. The second-order valence-corrected chi connectivity index (χ2v) is 5.64. The van der Waals surface area contributed by atoms with Crippen molar-refractivity contribution in [3.05, 3.63) is 83.4 Å². The average Bonchev–Trinajstić information content (AvgIpc) is 2.56. The van der Waals surface area contributed by atoms with E-state index in [9.17, 15) is 17.6 Å². The second-order valence-electron chi connectivity index (χ2n) is 5.64. The van der Waals surface area contributed by atoms with Gasteiger partial charge in [-0.2, -0.15) is 13.2 Å². The van der Waals surface area contributed by atoms with Crippen LogP contribution in [0, 0.1) is 18.6 Å². The number of aryl methyl sites for hydroxylation is 1. The molecule has 0 aliphatic rings. The Bertz CT molecular complexity index is 926. The number of rotatable bonds is 2. The first-order valence-electron chi connectivity index (χ1n) is 7.51. The van der Waals surface area contributed by atoms with Crippen molar-refractivity contribution in [3.63, 3.8) is 0 Å². The van der Waals surface area contributed by atoms with E-state index < -0.39 is 34.5 Å². The van der Waals surface area contributed by atoms with Gasteiger partial charge in [0.15, 0.2) is 0 Å². The number of hydrogen-bond donors (Lipinski definition) is 0. The molecule has 0 radical (unpaired) electrons. The molecule has 128 valence electrons. The molecule has 0 aromatic heterocycles. The van der Waals surface area contributed by atoms with Gasteiger partial charge in [-0.3, -0.25) is 0 Å². The molecule has 0 spiro atoms. The van der Waals surface area contributed by atoms with E-state index in [4.69, 9.17) is 0 Å². The van der Waals surface area contributed by atoms with Gasteiger partial charge in [0.05, 0.1) is 11.1 Å². The van der Waals surface area contributed by atoms with Crippen molar-refractivity contribution in [1.29, 1.82) is 0 Å². The molecule has 25 heavy (non-hydrogen) atoms. The number of halogens is 5. The van der Waals surface area contributed by atoms with Crippen LogP contribution in [0.3, 0.4) is 0 Å². The lowest BCUT2D eigenvalue weighted by Gasteiger charge is -2.16. The highest BCUT2D eigenvalue weighted by molar-refractivity contribution is 5.77. The molecule has 3 rings (SSSR count). The molecule has 0 saturated carbocycles. The van der Waals surface area contributed by atoms with Gasteiger partial charge in [-0.1, -0.05) is 42.5 Å². The molecule has 0 aliphatic heterocycles. The third kappa shape index (κ3) is 3.14. The minimum Gasteiger partial charge on any atom is -0.206 e. The Morgan fingerprint density at radius 1 is 0.680 bits per heavy atom. The highest BCUT2D eigenvalue weighted by Gasteiger charge is 2.35. The fraction of sp³-hybridized carbons (Fsp3) is 0.100. The standard InChI is InChI=1S/C20H13F5/c1-12-6-2-3-7-13(12)14-10-11-17(21)18(19(14)22)15-8-4-5-9-16(15)20(23,24)25/h2-11H,1H3. The SMILES string of the molecule is Cc1ccccc1-c1ccc(F)c(-c2ccccc2C(F)(F)F)c1F. The van der Waals surface area contributed by atoms with E-state index >= 15 is 4.39 Å². The molecular formula is C20H13F5. The number of alkyl halides is 3. The third-order valence-electron chi connectivity index (χ3n) is 4.03. The molecule has 3 aromatic carbocycles. The van der Waals surface area contributed by atoms with Crippen LogP contribution in [-0.4, -0.2) is 0 Å². The summed E-state index contributed by atoms with van der Waals surface area (Å²) in [5.41, 5.74) is -0.955. The van der Waals surface area contributed by atoms with E-state index in [0.29, 0.717) is 5.56 Å². The normalized spacial score (nSPS) is 11.6. The average molecular weight is 348 g/mol. The minimum absolute atomic E-state index is 0.0616. The lowest BCUT2D eigenvalue weighted by Crippen LogP contribution is -2.08. The zero-order valence-corrected chi connectivity index (χ0v) is 13.2. The van der Waals surface area contributed by atoms with Gasteiger partial charge in [-0.05, 0) is 41.8 Å². The van der Waals surface area contributed by atoms with Crippen molar-refractivity contribution < 1.29 is 22.0 Å². The minimum atomic E-state index is -4.71. The maximum atomic E-state index is 15.0. The van der Waals surface area contributed by atoms with Gasteiger partial charge in [-0.25, -0.2) is 8.78 Å². The summed E-state index contributed by atoms with van der Waals surface area (Å²) in [6, 6.07) is 13.5. The summed E-state index contributed by atoms with van der Waals surface area (Å²) in [5, 5.41) is 0. The largest absolute Gasteiger partial charge is 0.417 e. The summed E-state index contributed by atoms with van der Waals surface area (Å²) in [7, 11) is 0. The summed E-state index contributed by atoms with van der Waals surface area (Å²) in [6.07, 6.45) is -4.71. The van der Waals surface area contributed by atoms with Gasteiger partial charge >= 0.3 is 6.18 Å². The predicted octanol–water partition coefficient (Wildman–Crippen LogP) is 6.63. The second kappa shape index (κ2) is 6.31. The van der Waals surface area contributed by atoms with Crippen LogP contribution < -0.4 is 0 Å². The molecule has 0 fully saturated rings. The van der Waals surface area contributed by atoms with Crippen LogP contribution >= 0.6 is 0 Å². The van der Waals surface area contributed by atoms with Gasteiger partial charge in [0.2, 0.25) is 0 Å². The van der Waals surface area contributed by atoms with Gasteiger partial charge in [-0.15, -0.1) is 0 Å². The van der Waals surface area contributed by atoms with Crippen LogP contribution in [-0.2, 0) is 6.18 Å². The van der Waals surface area contributed by atoms with Gasteiger partial charge < -0.3 is 0 Å². The maximum absolute atomic E-state index is 15.0. The first-order valence-corrected chi connectivity index (χ1v) is 7.51. The Kier molecular flexibility index (Phi) is 4.33. The third-order valence-corrected chi connectivity index (χ3v) is 4.03. The van der Waals surface area contributed by atoms with E-state index in [1.165, 1.54) is 18.2 Å². The lowest BCUT2D eigenvalue weighted by molar-refractivity contribution is -0.137. The highest BCUT2D eigenvalue weighted by Crippen LogP contribution is 2.41. The molecule has 0 N–H and O–H groups in total. The molecule has 0 saturated heterocycles. The zero-order valence-electron chi connectivity index (χ0n) is 13.2. The van der Waals surface area contributed by atoms with Crippen LogP contribution in [0.4, 0.5) is 22.0 Å². The Morgan fingerprint density at radius 2 is 1.28 bits per heavy atom. The number of benzene rings is 3. The van der Waals surface area contributed by atoms with Crippen molar-refractivity contribution >= 4 is 0 Å². The van der Waals surface area contributed by atoms with Crippen LogP contribution in [0.15, 0.2) is 60.7 Å². The molecule has 0 atom stereocenters. The van der Waals surface area contributed by atoms with Crippen molar-refractivity contribution in [2.24, 2.45) is 0 Å².